The van der Waals surface area contributed by atoms with Crippen LogP contribution in [0, 0.1) is 5.82 Å². The number of carbonyl (C=O) groups is 2. The van der Waals surface area contributed by atoms with Crippen LogP contribution in [-0.4, -0.2) is 17.4 Å². The van der Waals surface area contributed by atoms with Crippen LogP contribution in [0.2, 0.25) is 5.02 Å². The van der Waals surface area contributed by atoms with Crippen LogP contribution < -0.4 is 5.32 Å². The van der Waals surface area contributed by atoms with Crippen molar-refractivity contribution in [1.82, 2.24) is 0 Å². The lowest BCUT2D eigenvalue weighted by Gasteiger charge is -2.07. The zero-order valence-electron chi connectivity index (χ0n) is 14.1. The van der Waals surface area contributed by atoms with Gasteiger partial charge in [0.05, 0.1) is 16.3 Å². The fourth-order valence-corrected chi connectivity index (χ4v) is 3.42. The molecule has 0 unspecified atom stereocenters. The second kappa shape index (κ2) is 8.84. The molecule has 3 aromatic rings. The monoisotopic (exact) mass is 399 g/mol. The van der Waals surface area contributed by atoms with Gasteiger partial charge in [0.2, 0.25) is 0 Å². The van der Waals surface area contributed by atoms with Gasteiger partial charge in [-0.05, 0) is 48.5 Å². The maximum absolute atomic E-state index is 13.6. The number of carbonyl (C=O) groups excluding carboxylic acids is 2. The van der Waals surface area contributed by atoms with Gasteiger partial charge in [-0.15, -0.1) is 11.8 Å². The van der Waals surface area contributed by atoms with Crippen molar-refractivity contribution in [3.63, 3.8) is 0 Å². The normalized spacial score (nSPS) is 10.4. The van der Waals surface area contributed by atoms with Crippen molar-refractivity contribution in [3.05, 3.63) is 94.8 Å². The highest BCUT2D eigenvalue weighted by molar-refractivity contribution is 8.00. The van der Waals surface area contributed by atoms with Gasteiger partial charge in [0.15, 0.2) is 5.78 Å². The third-order valence-corrected chi connectivity index (χ3v) is 5.12. The van der Waals surface area contributed by atoms with Crippen molar-refractivity contribution in [2.45, 2.75) is 4.90 Å². The van der Waals surface area contributed by atoms with E-state index >= 15 is 0 Å². The van der Waals surface area contributed by atoms with E-state index in [4.69, 9.17) is 11.6 Å². The average Bonchev–Trinajstić information content (AvgIpc) is 2.68. The number of hydrogen-bond donors (Lipinski definition) is 1. The molecule has 0 aliphatic carbocycles. The first-order chi connectivity index (χ1) is 13.0. The van der Waals surface area contributed by atoms with Crippen molar-refractivity contribution in [2.24, 2.45) is 0 Å². The summed E-state index contributed by atoms with van der Waals surface area (Å²) in [6, 6.07) is 19.7. The average molecular weight is 400 g/mol. The summed E-state index contributed by atoms with van der Waals surface area (Å²) in [5.41, 5.74) is 1.03. The summed E-state index contributed by atoms with van der Waals surface area (Å²) in [4.78, 5) is 25.2. The summed E-state index contributed by atoms with van der Waals surface area (Å²) in [7, 11) is 0. The molecule has 3 aromatic carbocycles. The van der Waals surface area contributed by atoms with Crippen LogP contribution in [0.5, 0.6) is 0 Å². The molecule has 0 radical (unpaired) electrons. The van der Waals surface area contributed by atoms with Crippen molar-refractivity contribution < 1.29 is 14.0 Å². The molecule has 136 valence electrons. The van der Waals surface area contributed by atoms with Crippen molar-refractivity contribution in [3.8, 4) is 0 Å². The number of halogens is 2. The van der Waals surface area contributed by atoms with E-state index < -0.39 is 11.7 Å². The summed E-state index contributed by atoms with van der Waals surface area (Å²) in [5.74, 6) is -0.879. The third kappa shape index (κ3) is 4.96. The number of benzene rings is 3. The number of ketones is 1. The van der Waals surface area contributed by atoms with E-state index in [0.29, 0.717) is 16.3 Å². The Morgan fingerprint density at radius 3 is 2.19 bits per heavy atom. The van der Waals surface area contributed by atoms with Crippen LogP contribution in [0.15, 0.2) is 77.7 Å². The summed E-state index contributed by atoms with van der Waals surface area (Å²) in [5, 5.41) is 3.09. The molecule has 0 aromatic heterocycles. The molecule has 0 spiro atoms. The zero-order valence-corrected chi connectivity index (χ0v) is 15.7. The highest BCUT2D eigenvalue weighted by Crippen LogP contribution is 2.24. The maximum Gasteiger partial charge on any atom is 0.258 e. The second-order valence-electron chi connectivity index (χ2n) is 5.65. The van der Waals surface area contributed by atoms with Crippen LogP contribution in [-0.2, 0) is 0 Å². The Bertz CT molecular complexity index is 976. The number of thioether (sulfide) groups is 1. The Labute approximate surface area is 165 Å². The Hall–Kier alpha value is -2.63. The number of Topliss-reactive ketones (excluding diaryl/α,β-unsaturated/α-hetero) is 1. The van der Waals surface area contributed by atoms with Crippen LogP contribution in [0.25, 0.3) is 0 Å². The topological polar surface area (TPSA) is 46.2 Å². The predicted octanol–water partition coefficient (Wildman–Crippen LogP) is 5.71. The van der Waals surface area contributed by atoms with Crippen LogP contribution >= 0.6 is 23.4 Å². The van der Waals surface area contributed by atoms with Crippen LogP contribution in [0.3, 0.4) is 0 Å². The lowest BCUT2D eigenvalue weighted by Crippen LogP contribution is -2.13. The van der Waals surface area contributed by atoms with Gasteiger partial charge in [0, 0.05) is 16.1 Å². The lowest BCUT2D eigenvalue weighted by molar-refractivity contribution is 0.101. The van der Waals surface area contributed by atoms with Crippen molar-refractivity contribution in [1.29, 1.82) is 0 Å². The standard InChI is InChI=1S/C21H15ClFNO2S/c22-18-7-3-1-5-16(18)20(25)13-27-15-11-9-14(10-12-15)24-21(26)17-6-2-4-8-19(17)23/h1-12H,13H2,(H,24,26). The molecule has 3 nitrogen and oxygen atoms in total. The number of hydrogen-bond acceptors (Lipinski definition) is 3. The van der Waals surface area contributed by atoms with E-state index in [0.717, 1.165) is 4.90 Å². The van der Waals surface area contributed by atoms with E-state index in [1.807, 2.05) is 0 Å². The Balaban J connectivity index is 1.59. The number of nitrogens with one attached hydrogen (secondary N) is 1. The van der Waals surface area contributed by atoms with Gasteiger partial charge in [-0.2, -0.15) is 0 Å². The van der Waals surface area contributed by atoms with E-state index in [-0.39, 0.29) is 17.1 Å². The van der Waals surface area contributed by atoms with Gasteiger partial charge in [0.25, 0.3) is 5.91 Å². The molecule has 1 amide bonds. The molecule has 0 bridgehead atoms. The highest BCUT2D eigenvalue weighted by atomic mass is 35.5. The molecule has 0 fully saturated rings. The molecule has 0 aliphatic heterocycles. The number of anilines is 1. The minimum Gasteiger partial charge on any atom is -0.322 e. The predicted molar refractivity (Wildman–Crippen MR) is 107 cm³/mol. The Morgan fingerprint density at radius 1 is 0.889 bits per heavy atom. The smallest absolute Gasteiger partial charge is 0.258 e. The lowest BCUT2D eigenvalue weighted by atomic mass is 10.1. The largest absolute Gasteiger partial charge is 0.322 e. The molecular formula is C21H15ClFNO2S. The first-order valence-corrected chi connectivity index (χ1v) is 9.47. The van der Waals surface area contributed by atoms with Gasteiger partial charge in [-0.3, -0.25) is 9.59 Å². The Morgan fingerprint density at radius 2 is 1.52 bits per heavy atom. The molecule has 0 saturated carbocycles. The van der Waals surface area contributed by atoms with Gasteiger partial charge in [0.1, 0.15) is 5.82 Å². The number of rotatable bonds is 6. The fraction of sp³-hybridized carbons (Fsp3) is 0.0476. The summed E-state index contributed by atoms with van der Waals surface area (Å²) < 4.78 is 13.6. The van der Waals surface area contributed by atoms with Gasteiger partial charge >= 0.3 is 0 Å². The molecule has 6 heteroatoms. The van der Waals surface area contributed by atoms with Crippen LogP contribution in [0.1, 0.15) is 20.7 Å². The molecule has 0 saturated heterocycles. The molecule has 0 heterocycles. The fourth-order valence-electron chi connectivity index (χ4n) is 2.39. The molecule has 3 rings (SSSR count). The Kier molecular flexibility index (Phi) is 6.27. The van der Waals surface area contributed by atoms with Crippen LogP contribution in [0.4, 0.5) is 10.1 Å². The summed E-state index contributed by atoms with van der Waals surface area (Å²) in [6.45, 7) is 0. The van der Waals surface area contributed by atoms with E-state index in [2.05, 4.69) is 5.32 Å². The summed E-state index contributed by atoms with van der Waals surface area (Å²) in [6.07, 6.45) is 0. The third-order valence-electron chi connectivity index (χ3n) is 3.77. The molecule has 27 heavy (non-hydrogen) atoms. The molecule has 0 atom stereocenters. The van der Waals surface area contributed by atoms with Gasteiger partial charge < -0.3 is 5.32 Å². The molecule has 1 N–H and O–H groups in total. The summed E-state index contributed by atoms with van der Waals surface area (Å²) >= 11 is 7.41. The first kappa shape index (κ1) is 19.1. The molecule has 0 aliphatic rings. The minimum absolute atomic E-state index is 0.0127. The van der Waals surface area contributed by atoms with Crippen molar-refractivity contribution in [2.75, 3.05) is 11.1 Å². The van der Waals surface area contributed by atoms with Crippen molar-refractivity contribution >= 4 is 40.7 Å². The SMILES string of the molecule is O=C(Nc1ccc(SCC(=O)c2ccccc2Cl)cc1)c1ccccc1F. The highest BCUT2D eigenvalue weighted by Gasteiger charge is 2.12. The zero-order chi connectivity index (χ0) is 19.2. The van der Waals surface area contributed by atoms with E-state index in [1.54, 1.807) is 54.6 Å². The van der Waals surface area contributed by atoms with Gasteiger partial charge in [-0.1, -0.05) is 35.9 Å². The first-order valence-electron chi connectivity index (χ1n) is 8.11. The van der Waals surface area contributed by atoms with E-state index in [1.165, 1.54) is 30.0 Å². The molecular weight excluding hydrogens is 385 g/mol. The van der Waals surface area contributed by atoms with Gasteiger partial charge in [-0.25, -0.2) is 4.39 Å². The van der Waals surface area contributed by atoms with E-state index in [9.17, 15) is 14.0 Å². The minimum atomic E-state index is -0.569. The second-order valence-corrected chi connectivity index (χ2v) is 7.11. The number of amides is 1. The quantitative estimate of drug-likeness (QED) is 0.426. The maximum atomic E-state index is 13.6.